The maximum absolute atomic E-state index is 12.5. The molecule has 0 radical (unpaired) electrons. The van der Waals surface area contributed by atoms with E-state index >= 15 is 0 Å². The van der Waals surface area contributed by atoms with Gasteiger partial charge in [-0.05, 0) is 42.5 Å². The molecule has 0 aliphatic carbocycles. The van der Waals surface area contributed by atoms with Gasteiger partial charge in [0.15, 0.2) is 0 Å². The standard InChI is InChI=1S/C21H24N4O3/c26-19(23-14-10-17-8-12-22-13-9-17)7-6-18-20(27)25(21(28)24-18)15-11-16-4-2-1-3-5-16/h1-5,8-9,12-13,18H,6-7,10-11,14-15H2,(H,23,26)(H,24,28)/t18-/m1/s1. The van der Waals surface area contributed by atoms with Crippen molar-refractivity contribution in [1.82, 2.24) is 20.5 Å². The number of hydrogen-bond acceptors (Lipinski definition) is 4. The molecule has 2 N–H and O–H groups in total. The highest BCUT2D eigenvalue weighted by atomic mass is 16.2. The molecule has 1 aromatic carbocycles. The van der Waals surface area contributed by atoms with Crippen LogP contribution in [0.25, 0.3) is 0 Å². The van der Waals surface area contributed by atoms with Gasteiger partial charge in [-0.2, -0.15) is 0 Å². The van der Waals surface area contributed by atoms with Crippen molar-refractivity contribution in [3.63, 3.8) is 0 Å². The van der Waals surface area contributed by atoms with Crippen LogP contribution in [-0.2, 0) is 22.4 Å². The van der Waals surface area contributed by atoms with E-state index in [0.29, 0.717) is 25.9 Å². The molecule has 7 heteroatoms. The van der Waals surface area contributed by atoms with Crippen LogP contribution >= 0.6 is 0 Å². The molecule has 7 nitrogen and oxygen atoms in total. The molecule has 3 rings (SSSR count). The van der Waals surface area contributed by atoms with Gasteiger partial charge in [0.05, 0.1) is 0 Å². The normalized spacial score (nSPS) is 16.1. The molecule has 1 saturated heterocycles. The summed E-state index contributed by atoms with van der Waals surface area (Å²) in [6.45, 7) is 0.861. The predicted octanol–water partition coefficient (Wildman–Crippen LogP) is 1.68. The van der Waals surface area contributed by atoms with Gasteiger partial charge >= 0.3 is 6.03 Å². The molecule has 4 amide bonds. The number of carbonyl (C=O) groups excluding carboxylic acids is 3. The Kier molecular flexibility index (Phi) is 6.73. The second-order valence-electron chi connectivity index (χ2n) is 6.72. The lowest BCUT2D eigenvalue weighted by Crippen LogP contribution is -2.34. The van der Waals surface area contributed by atoms with Gasteiger partial charge in [0.1, 0.15) is 6.04 Å². The number of benzene rings is 1. The van der Waals surface area contributed by atoms with Crippen LogP contribution in [0.1, 0.15) is 24.0 Å². The van der Waals surface area contributed by atoms with Gasteiger partial charge in [0, 0.05) is 31.9 Å². The van der Waals surface area contributed by atoms with Crippen LogP contribution in [0.5, 0.6) is 0 Å². The van der Waals surface area contributed by atoms with Gasteiger partial charge in [-0.25, -0.2) is 4.79 Å². The fraction of sp³-hybridized carbons (Fsp3) is 0.333. The molecule has 0 unspecified atom stereocenters. The van der Waals surface area contributed by atoms with Crippen molar-refractivity contribution in [2.75, 3.05) is 13.1 Å². The summed E-state index contributed by atoms with van der Waals surface area (Å²) in [4.78, 5) is 41.7. The molecular formula is C21H24N4O3. The van der Waals surface area contributed by atoms with Gasteiger partial charge in [-0.3, -0.25) is 19.5 Å². The summed E-state index contributed by atoms with van der Waals surface area (Å²) in [6, 6.07) is 12.5. The zero-order valence-corrected chi connectivity index (χ0v) is 15.6. The molecule has 1 aliphatic heterocycles. The summed E-state index contributed by atoms with van der Waals surface area (Å²) < 4.78 is 0. The van der Waals surface area contributed by atoms with E-state index < -0.39 is 6.04 Å². The predicted molar refractivity (Wildman–Crippen MR) is 104 cm³/mol. The second kappa shape index (κ2) is 9.64. The number of carbonyl (C=O) groups is 3. The molecule has 2 aromatic rings. The first kappa shape index (κ1) is 19.5. The van der Waals surface area contributed by atoms with Crippen LogP contribution < -0.4 is 10.6 Å². The summed E-state index contributed by atoms with van der Waals surface area (Å²) in [5.41, 5.74) is 2.17. The van der Waals surface area contributed by atoms with Gasteiger partial charge in [-0.1, -0.05) is 30.3 Å². The number of rotatable bonds is 9. The van der Waals surface area contributed by atoms with Gasteiger partial charge in [0.2, 0.25) is 5.91 Å². The third-order valence-corrected chi connectivity index (χ3v) is 4.72. The number of aromatic nitrogens is 1. The number of nitrogens with zero attached hydrogens (tertiary/aromatic N) is 2. The first-order valence-electron chi connectivity index (χ1n) is 9.45. The Hall–Kier alpha value is -3.22. The highest BCUT2D eigenvalue weighted by Crippen LogP contribution is 2.12. The van der Waals surface area contributed by atoms with Crippen LogP contribution in [0.3, 0.4) is 0 Å². The molecule has 0 saturated carbocycles. The van der Waals surface area contributed by atoms with Crippen molar-refractivity contribution in [1.29, 1.82) is 0 Å². The summed E-state index contributed by atoms with van der Waals surface area (Å²) >= 11 is 0. The van der Waals surface area contributed by atoms with Crippen LogP contribution in [0, 0.1) is 0 Å². The van der Waals surface area contributed by atoms with E-state index in [1.165, 1.54) is 4.90 Å². The first-order chi connectivity index (χ1) is 13.6. The van der Waals surface area contributed by atoms with Crippen LogP contribution in [0.4, 0.5) is 4.79 Å². The highest BCUT2D eigenvalue weighted by Gasteiger charge is 2.37. The van der Waals surface area contributed by atoms with Crippen molar-refractivity contribution < 1.29 is 14.4 Å². The zero-order chi connectivity index (χ0) is 19.8. The number of urea groups is 1. The number of hydrogen-bond donors (Lipinski definition) is 2. The Bertz CT molecular complexity index is 811. The summed E-state index contributed by atoms with van der Waals surface area (Å²) in [5, 5.41) is 5.52. The molecule has 1 aliphatic rings. The van der Waals surface area contributed by atoms with Crippen molar-refractivity contribution in [2.45, 2.75) is 31.7 Å². The Morgan fingerprint density at radius 1 is 1.04 bits per heavy atom. The maximum atomic E-state index is 12.5. The maximum Gasteiger partial charge on any atom is 0.324 e. The van der Waals surface area contributed by atoms with E-state index in [2.05, 4.69) is 15.6 Å². The lowest BCUT2D eigenvalue weighted by atomic mass is 10.1. The molecule has 28 heavy (non-hydrogen) atoms. The van der Waals surface area contributed by atoms with Gasteiger partial charge in [0.25, 0.3) is 5.91 Å². The molecule has 146 valence electrons. The van der Waals surface area contributed by atoms with E-state index in [9.17, 15) is 14.4 Å². The van der Waals surface area contributed by atoms with Crippen molar-refractivity contribution in [3.8, 4) is 0 Å². The summed E-state index contributed by atoms with van der Waals surface area (Å²) in [6.07, 6.45) is 5.26. The Morgan fingerprint density at radius 3 is 2.50 bits per heavy atom. The number of pyridine rings is 1. The minimum Gasteiger partial charge on any atom is -0.356 e. The topological polar surface area (TPSA) is 91.4 Å². The van der Waals surface area contributed by atoms with Crippen LogP contribution in [0.15, 0.2) is 54.9 Å². The Balaban J connectivity index is 1.39. The minimum atomic E-state index is -0.630. The van der Waals surface area contributed by atoms with E-state index in [0.717, 1.165) is 17.5 Å². The average Bonchev–Trinajstić information content (AvgIpc) is 2.99. The van der Waals surface area contributed by atoms with E-state index in [-0.39, 0.29) is 24.3 Å². The van der Waals surface area contributed by atoms with Gasteiger partial charge < -0.3 is 10.6 Å². The minimum absolute atomic E-state index is 0.126. The van der Waals surface area contributed by atoms with Gasteiger partial charge in [-0.15, -0.1) is 0 Å². The lowest BCUT2D eigenvalue weighted by molar-refractivity contribution is -0.127. The molecule has 0 spiro atoms. The molecule has 2 heterocycles. The summed E-state index contributed by atoms with van der Waals surface area (Å²) in [7, 11) is 0. The quantitative estimate of drug-likeness (QED) is 0.648. The fourth-order valence-electron chi connectivity index (χ4n) is 3.13. The smallest absolute Gasteiger partial charge is 0.324 e. The lowest BCUT2D eigenvalue weighted by Gasteiger charge is -2.13. The van der Waals surface area contributed by atoms with Crippen molar-refractivity contribution in [2.24, 2.45) is 0 Å². The molecule has 1 fully saturated rings. The Morgan fingerprint density at radius 2 is 1.75 bits per heavy atom. The summed E-state index contributed by atoms with van der Waals surface area (Å²) in [5.74, 6) is -0.385. The molecular weight excluding hydrogens is 356 g/mol. The highest BCUT2D eigenvalue weighted by molar-refractivity contribution is 6.04. The third-order valence-electron chi connectivity index (χ3n) is 4.72. The number of nitrogens with one attached hydrogen (secondary N) is 2. The van der Waals surface area contributed by atoms with Crippen molar-refractivity contribution >= 4 is 17.8 Å². The van der Waals surface area contributed by atoms with E-state index in [4.69, 9.17) is 0 Å². The zero-order valence-electron chi connectivity index (χ0n) is 15.6. The van der Waals surface area contributed by atoms with Crippen LogP contribution in [-0.4, -0.2) is 46.9 Å². The monoisotopic (exact) mass is 380 g/mol. The number of imide groups is 1. The average molecular weight is 380 g/mol. The fourth-order valence-corrected chi connectivity index (χ4v) is 3.13. The molecule has 1 aromatic heterocycles. The molecule has 0 bridgehead atoms. The number of amides is 4. The SMILES string of the molecule is O=C(CC[C@H]1NC(=O)N(CCc2ccccc2)C1=O)NCCc1ccncc1. The van der Waals surface area contributed by atoms with E-state index in [1.807, 2.05) is 42.5 Å². The van der Waals surface area contributed by atoms with E-state index in [1.54, 1.807) is 12.4 Å². The third kappa shape index (κ3) is 5.39. The molecule has 1 atom stereocenters. The second-order valence-corrected chi connectivity index (χ2v) is 6.72. The first-order valence-corrected chi connectivity index (χ1v) is 9.45. The Labute approximate surface area is 164 Å². The van der Waals surface area contributed by atoms with Crippen molar-refractivity contribution in [3.05, 3.63) is 66.0 Å². The van der Waals surface area contributed by atoms with Crippen LogP contribution in [0.2, 0.25) is 0 Å². The largest absolute Gasteiger partial charge is 0.356 e.